The molecule has 0 aromatic carbocycles. The van der Waals surface area contributed by atoms with Gasteiger partial charge in [-0.25, -0.2) is 0 Å². The van der Waals surface area contributed by atoms with E-state index < -0.39 is 0 Å². The van der Waals surface area contributed by atoms with Crippen LogP contribution in [-0.4, -0.2) is 36.6 Å². The third kappa shape index (κ3) is 3.21. The van der Waals surface area contributed by atoms with Gasteiger partial charge in [-0.05, 0) is 44.4 Å². The molecule has 0 aromatic rings. The Kier molecular flexibility index (Phi) is 3.49. The van der Waals surface area contributed by atoms with E-state index in [1.165, 1.54) is 71.0 Å². The van der Waals surface area contributed by atoms with Gasteiger partial charge >= 0.3 is 0 Å². The third-order valence-corrected chi connectivity index (χ3v) is 4.44. The molecule has 0 aliphatic heterocycles. The van der Waals surface area contributed by atoms with Crippen LogP contribution in [0.1, 0.15) is 51.4 Å². The van der Waals surface area contributed by atoms with Gasteiger partial charge in [-0.3, -0.25) is 4.90 Å². The molecular formula is C14H26N2. The summed E-state index contributed by atoms with van der Waals surface area (Å²) in [4.78, 5) is 2.76. The van der Waals surface area contributed by atoms with Crippen LogP contribution in [-0.2, 0) is 0 Å². The van der Waals surface area contributed by atoms with E-state index in [0.717, 1.165) is 18.0 Å². The first-order chi connectivity index (χ1) is 7.92. The van der Waals surface area contributed by atoms with Crippen LogP contribution in [0, 0.1) is 5.92 Å². The Balaban J connectivity index is 1.34. The fraction of sp³-hybridized carbons (Fsp3) is 1.00. The molecular weight excluding hydrogens is 196 g/mol. The van der Waals surface area contributed by atoms with Crippen LogP contribution in [0.4, 0.5) is 0 Å². The van der Waals surface area contributed by atoms with Gasteiger partial charge in [0.15, 0.2) is 0 Å². The molecule has 2 nitrogen and oxygen atoms in total. The quantitative estimate of drug-likeness (QED) is 0.711. The van der Waals surface area contributed by atoms with E-state index in [2.05, 4.69) is 10.2 Å². The van der Waals surface area contributed by atoms with Gasteiger partial charge < -0.3 is 5.32 Å². The topological polar surface area (TPSA) is 15.3 Å². The minimum Gasteiger partial charge on any atom is -0.313 e. The van der Waals surface area contributed by atoms with E-state index >= 15 is 0 Å². The lowest BCUT2D eigenvalue weighted by Gasteiger charge is -2.23. The van der Waals surface area contributed by atoms with Crippen molar-refractivity contribution >= 4 is 0 Å². The normalized spacial score (nSPS) is 26.8. The highest BCUT2D eigenvalue weighted by atomic mass is 15.2. The molecule has 3 aliphatic rings. The zero-order valence-electron chi connectivity index (χ0n) is 10.5. The van der Waals surface area contributed by atoms with Crippen molar-refractivity contribution in [3.05, 3.63) is 0 Å². The summed E-state index contributed by atoms with van der Waals surface area (Å²) in [6, 6.07) is 1.81. The van der Waals surface area contributed by atoms with Gasteiger partial charge in [-0.2, -0.15) is 0 Å². The number of rotatable bonds is 7. The van der Waals surface area contributed by atoms with E-state index in [9.17, 15) is 0 Å². The number of nitrogens with zero attached hydrogens (tertiary/aromatic N) is 1. The second-order valence-corrected chi connectivity index (χ2v) is 6.10. The van der Waals surface area contributed by atoms with Crippen LogP contribution in [0.5, 0.6) is 0 Å². The van der Waals surface area contributed by atoms with Gasteiger partial charge in [-0.1, -0.05) is 12.8 Å². The van der Waals surface area contributed by atoms with Crippen LogP contribution in [0.2, 0.25) is 0 Å². The predicted molar refractivity (Wildman–Crippen MR) is 67.6 cm³/mol. The van der Waals surface area contributed by atoms with Gasteiger partial charge in [-0.15, -0.1) is 0 Å². The molecule has 0 saturated heterocycles. The van der Waals surface area contributed by atoms with Crippen LogP contribution < -0.4 is 5.32 Å². The molecule has 0 heterocycles. The maximum Gasteiger partial charge on any atom is 0.0110 e. The second-order valence-electron chi connectivity index (χ2n) is 6.10. The van der Waals surface area contributed by atoms with Crippen molar-refractivity contribution in [1.82, 2.24) is 10.2 Å². The molecule has 0 atom stereocenters. The van der Waals surface area contributed by atoms with Gasteiger partial charge in [0.25, 0.3) is 0 Å². The molecule has 0 bridgehead atoms. The summed E-state index contributed by atoms with van der Waals surface area (Å²) in [5.74, 6) is 1.06. The summed E-state index contributed by atoms with van der Waals surface area (Å²) in [5, 5.41) is 3.75. The van der Waals surface area contributed by atoms with Crippen LogP contribution in [0.15, 0.2) is 0 Å². The maximum absolute atomic E-state index is 3.75. The predicted octanol–water partition coefficient (Wildman–Crippen LogP) is 2.39. The number of nitrogens with one attached hydrogen (secondary N) is 1. The first-order valence-corrected chi connectivity index (χ1v) is 7.39. The summed E-state index contributed by atoms with van der Waals surface area (Å²) < 4.78 is 0. The molecule has 3 rings (SSSR count). The fourth-order valence-corrected chi connectivity index (χ4v) is 3.04. The zero-order valence-corrected chi connectivity index (χ0v) is 10.5. The molecule has 0 unspecified atom stereocenters. The van der Waals surface area contributed by atoms with Crippen molar-refractivity contribution in [2.24, 2.45) is 5.92 Å². The van der Waals surface area contributed by atoms with Crippen molar-refractivity contribution in [1.29, 1.82) is 0 Å². The Hall–Kier alpha value is -0.0800. The fourth-order valence-electron chi connectivity index (χ4n) is 3.04. The Bertz CT molecular complexity index is 215. The van der Waals surface area contributed by atoms with Crippen molar-refractivity contribution in [3.63, 3.8) is 0 Å². The second kappa shape index (κ2) is 5.05. The molecule has 2 heteroatoms. The zero-order chi connectivity index (χ0) is 10.8. The highest BCUT2D eigenvalue weighted by Gasteiger charge is 2.33. The van der Waals surface area contributed by atoms with E-state index in [1.807, 2.05) is 0 Å². The monoisotopic (exact) mass is 222 g/mol. The van der Waals surface area contributed by atoms with E-state index in [1.54, 1.807) is 0 Å². The van der Waals surface area contributed by atoms with Crippen molar-refractivity contribution < 1.29 is 0 Å². The van der Waals surface area contributed by atoms with Crippen molar-refractivity contribution in [2.75, 3.05) is 19.6 Å². The molecule has 3 fully saturated rings. The highest BCUT2D eigenvalue weighted by molar-refractivity contribution is 4.88. The van der Waals surface area contributed by atoms with E-state index in [-0.39, 0.29) is 0 Å². The van der Waals surface area contributed by atoms with Crippen molar-refractivity contribution in [2.45, 2.75) is 63.5 Å². The first-order valence-electron chi connectivity index (χ1n) is 7.39. The van der Waals surface area contributed by atoms with Crippen LogP contribution >= 0.6 is 0 Å². The lowest BCUT2D eigenvalue weighted by atomic mass is 10.2. The Labute approximate surface area is 99.8 Å². The molecule has 3 saturated carbocycles. The maximum atomic E-state index is 3.75. The molecule has 16 heavy (non-hydrogen) atoms. The molecule has 1 N–H and O–H groups in total. The molecule has 92 valence electrons. The minimum atomic E-state index is 0.849. The molecule has 0 radical (unpaired) electrons. The van der Waals surface area contributed by atoms with Gasteiger partial charge in [0.2, 0.25) is 0 Å². The number of hydrogen-bond acceptors (Lipinski definition) is 2. The Morgan fingerprint density at radius 1 is 0.938 bits per heavy atom. The summed E-state index contributed by atoms with van der Waals surface area (Å²) >= 11 is 0. The SMILES string of the molecule is C1CCC(NCCN(CC2CC2)C2CC2)C1. The van der Waals surface area contributed by atoms with Gasteiger partial charge in [0.1, 0.15) is 0 Å². The Morgan fingerprint density at radius 3 is 2.31 bits per heavy atom. The van der Waals surface area contributed by atoms with Crippen LogP contribution in [0.25, 0.3) is 0 Å². The highest BCUT2D eigenvalue weighted by Crippen LogP contribution is 2.34. The summed E-state index contributed by atoms with van der Waals surface area (Å²) in [5.41, 5.74) is 0. The Morgan fingerprint density at radius 2 is 1.69 bits per heavy atom. The molecule has 3 aliphatic carbocycles. The van der Waals surface area contributed by atoms with E-state index in [0.29, 0.717) is 0 Å². The van der Waals surface area contributed by atoms with E-state index in [4.69, 9.17) is 0 Å². The molecule has 0 amide bonds. The largest absolute Gasteiger partial charge is 0.313 e. The van der Waals surface area contributed by atoms with Gasteiger partial charge in [0, 0.05) is 31.7 Å². The summed E-state index contributed by atoms with van der Waals surface area (Å²) in [7, 11) is 0. The summed E-state index contributed by atoms with van der Waals surface area (Å²) in [6.45, 7) is 3.93. The standard InChI is InChI=1S/C14H26N2/c1-2-4-13(3-1)15-9-10-16(14-7-8-14)11-12-5-6-12/h12-15H,1-11H2. The van der Waals surface area contributed by atoms with Gasteiger partial charge in [0.05, 0.1) is 0 Å². The summed E-state index contributed by atoms with van der Waals surface area (Å²) in [6.07, 6.45) is 11.7. The average molecular weight is 222 g/mol. The number of hydrogen-bond donors (Lipinski definition) is 1. The molecule has 0 spiro atoms. The minimum absolute atomic E-state index is 0.849. The smallest absolute Gasteiger partial charge is 0.0110 e. The molecule has 0 aromatic heterocycles. The van der Waals surface area contributed by atoms with Crippen molar-refractivity contribution in [3.8, 4) is 0 Å². The average Bonchev–Trinajstić information content (AvgIpc) is 3.18. The van der Waals surface area contributed by atoms with Crippen LogP contribution in [0.3, 0.4) is 0 Å². The lowest BCUT2D eigenvalue weighted by molar-refractivity contribution is 0.248. The first kappa shape index (κ1) is 11.0. The third-order valence-electron chi connectivity index (χ3n) is 4.44. The lowest BCUT2D eigenvalue weighted by Crippen LogP contribution is -2.38.